The number of benzene rings is 1. The van der Waals surface area contributed by atoms with E-state index in [-0.39, 0.29) is 5.92 Å². The van der Waals surface area contributed by atoms with E-state index in [1.54, 1.807) is 6.07 Å². The third-order valence-corrected chi connectivity index (χ3v) is 5.28. The maximum absolute atomic E-state index is 13.1. The molecule has 0 atom stereocenters. The molecule has 1 aliphatic carbocycles. The van der Waals surface area contributed by atoms with E-state index < -0.39 is 5.83 Å². The lowest BCUT2D eigenvalue weighted by Crippen LogP contribution is -2.12. The average Bonchev–Trinajstić information content (AvgIpc) is 2.63. The monoisotopic (exact) mass is 327 g/mol. The molecular formula is C22H30FN. The number of halogens is 1. The lowest BCUT2D eigenvalue weighted by Gasteiger charge is -2.27. The van der Waals surface area contributed by atoms with Gasteiger partial charge in [0.05, 0.1) is 0 Å². The molecule has 0 heterocycles. The van der Waals surface area contributed by atoms with Crippen molar-refractivity contribution in [1.82, 2.24) is 0 Å². The third-order valence-electron chi connectivity index (χ3n) is 5.28. The van der Waals surface area contributed by atoms with Gasteiger partial charge in [-0.3, -0.25) is 0 Å². The average molecular weight is 327 g/mol. The molecule has 0 aromatic heterocycles. The first kappa shape index (κ1) is 18.7. The first-order valence-corrected chi connectivity index (χ1v) is 9.59. The van der Waals surface area contributed by atoms with Crippen molar-refractivity contribution in [3.05, 3.63) is 47.3 Å². The molecule has 1 aromatic rings. The number of unbranched alkanes of at least 4 members (excludes halogenated alkanes) is 4. The van der Waals surface area contributed by atoms with E-state index in [9.17, 15) is 4.39 Å². The number of nitriles is 1. The Labute approximate surface area is 146 Å². The molecule has 1 fully saturated rings. The molecule has 0 N–H and O–H groups in total. The smallest absolute Gasteiger partial charge is 0.195 e. The molecule has 0 aliphatic heterocycles. The molecule has 24 heavy (non-hydrogen) atoms. The second kappa shape index (κ2) is 10.3. The first-order chi connectivity index (χ1) is 11.7. The van der Waals surface area contributed by atoms with Crippen LogP contribution < -0.4 is 0 Å². The van der Waals surface area contributed by atoms with Gasteiger partial charge in [0.2, 0.25) is 0 Å². The molecular weight excluding hydrogens is 297 g/mol. The molecule has 1 aliphatic rings. The molecule has 2 rings (SSSR count). The second-order valence-electron chi connectivity index (χ2n) is 7.14. The molecule has 1 saturated carbocycles. The molecule has 130 valence electrons. The van der Waals surface area contributed by atoms with Crippen LogP contribution in [-0.2, 0) is 6.42 Å². The molecule has 2 heteroatoms. The fraction of sp³-hybridized carbons (Fsp3) is 0.591. The summed E-state index contributed by atoms with van der Waals surface area (Å²) in [4.78, 5) is 0. The highest BCUT2D eigenvalue weighted by atomic mass is 19.1. The van der Waals surface area contributed by atoms with E-state index in [0.29, 0.717) is 5.92 Å². The summed E-state index contributed by atoms with van der Waals surface area (Å²) in [6.07, 6.45) is 13.5. The molecule has 0 radical (unpaired) electrons. The van der Waals surface area contributed by atoms with Crippen LogP contribution in [0.25, 0.3) is 0 Å². The first-order valence-electron chi connectivity index (χ1n) is 9.59. The third kappa shape index (κ3) is 6.11. The Kier molecular flexibility index (Phi) is 8.02. The van der Waals surface area contributed by atoms with Crippen LogP contribution in [0.3, 0.4) is 0 Å². The summed E-state index contributed by atoms with van der Waals surface area (Å²) in [5.41, 5.74) is 2.87. The molecule has 1 nitrogen and oxygen atoms in total. The minimum Gasteiger partial charge on any atom is -0.195 e. The van der Waals surface area contributed by atoms with Crippen molar-refractivity contribution >= 4 is 0 Å². The second-order valence-corrected chi connectivity index (χ2v) is 7.14. The molecule has 0 bridgehead atoms. The highest BCUT2D eigenvalue weighted by molar-refractivity contribution is 5.26. The highest BCUT2D eigenvalue weighted by Gasteiger charge is 2.21. The number of rotatable bonds is 8. The number of hydrogen-bond acceptors (Lipinski definition) is 1. The van der Waals surface area contributed by atoms with E-state index in [4.69, 9.17) is 5.26 Å². The number of nitrogens with zero attached hydrogens (tertiary/aromatic N) is 1. The predicted molar refractivity (Wildman–Crippen MR) is 98.4 cm³/mol. The summed E-state index contributed by atoms with van der Waals surface area (Å²) in [6, 6.07) is 10.7. The number of aryl methyl sites for hydroxylation is 1. The Balaban J connectivity index is 1.77. The fourth-order valence-corrected chi connectivity index (χ4v) is 3.75. The van der Waals surface area contributed by atoms with Gasteiger partial charge < -0.3 is 0 Å². The van der Waals surface area contributed by atoms with E-state index >= 15 is 0 Å². The summed E-state index contributed by atoms with van der Waals surface area (Å²) in [5, 5.41) is 8.53. The topological polar surface area (TPSA) is 23.8 Å². The van der Waals surface area contributed by atoms with Crippen LogP contribution in [0.5, 0.6) is 0 Å². The van der Waals surface area contributed by atoms with Gasteiger partial charge in [0.15, 0.2) is 5.83 Å². The molecule has 0 unspecified atom stereocenters. The Morgan fingerprint density at radius 2 is 1.75 bits per heavy atom. The van der Waals surface area contributed by atoms with Crippen molar-refractivity contribution in [2.75, 3.05) is 0 Å². The van der Waals surface area contributed by atoms with Crippen molar-refractivity contribution in [3.63, 3.8) is 0 Å². The summed E-state index contributed by atoms with van der Waals surface area (Å²) < 4.78 is 13.1. The van der Waals surface area contributed by atoms with Gasteiger partial charge in [0.1, 0.15) is 6.07 Å². The maximum Gasteiger partial charge on any atom is 0.196 e. The summed E-state index contributed by atoms with van der Waals surface area (Å²) in [6.45, 7) is 2.25. The van der Waals surface area contributed by atoms with Crippen LogP contribution in [0, 0.1) is 17.2 Å². The van der Waals surface area contributed by atoms with Crippen molar-refractivity contribution in [2.45, 2.75) is 77.0 Å². The van der Waals surface area contributed by atoms with Gasteiger partial charge in [-0.2, -0.15) is 9.65 Å². The molecule has 0 amide bonds. The number of allylic oxidation sites excluding steroid dienone is 2. The zero-order valence-electron chi connectivity index (χ0n) is 14.9. The predicted octanol–water partition coefficient (Wildman–Crippen LogP) is 6.85. The van der Waals surface area contributed by atoms with E-state index in [0.717, 1.165) is 25.7 Å². The molecule has 0 saturated heterocycles. The molecule has 0 spiro atoms. The fourth-order valence-electron chi connectivity index (χ4n) is 3.75. The summed E-state index contributed by atoms with van der Waals surface area (Å²) >= 11 is 0. The minimum atomic E-state index is -0.623. The van der Waals surface area contributed by atoms with Crippen LogP contribution in [0.15, 0.2) is 36.2 Å². The lowest BCUT2D eigenvalue weighted by molar-refractivity contribution is 0.372. The van der Waals surface area contributed by atoms with Gasteiger partial charge in [-0.25, -0.2) is 0 Å². The van der Waals surface area contributed by atoms with E-state index in [2.05, 4.69) is 31.2 Å². The Morgan fingerprint density at radius 3 is 2.38 bits per heavy atom. The highest BCUT2D eigenvalue weighted by Crippen LogP contribution is 2.36. The van der Waals surface area contributed by atoms with E-state index in [1.165, 1.54) is 55.7 Å². The van der Waals surface area contributed by atoms with Crippen LogP contribution in [-0.4, -0.2) is 0 Å². The van der Waals surface area contributed by atoms with Gasteiger partial charge in [-0.05, 0) is 67.6 Å². The van der Waals surface area contributed by atoms with Gasteiger partial charge in [0.25, 0.3) is 0 Å². The van der Waals surface area contributed by atoms with Crippen molar-refractivity contribution < 1.29 is 4.39 Å². The van der Waals surface area contributed by atoms with E-state index in [1.807, 2.05) is 0 Å². The maximum atomic E-state index is 13.1. The van der Waals surface area contributed by atoms with Gasteiger partial charge in [-0.1, -0.05) is 56.9 Å². The largest absolute Gasteiger partial charge is 0.196 e. The van der Waals surface area contributed by atoms with Gasteiger partial charge in [-0.15, -0.1) is 0 Å². The van der Waals surface area contributed by atoms with Crippen molar-refractivity contribution in [2.24, 2.45) is 5.92 Å². The minimum absolute atomic E-state index is 0.239. The van der Waals surface area contributed by atoms with Crippen molar-refractivity contribution in [3.8, 4) is 6.07 Å². The zero-order valence-corrected chi connectivity index (χ0v) is 14.9. The van der Waals surface area contributed by atoms with Crippen LogP contribution in [0.4, 0.5) is 4.39 Å². The van der Waals surface area contributed by atoms with Crippen LogP contribution in [0.1, 0.15) is 81.8 Å². The Bertz CT molecular complexity index is 544. The SMILES string of the molecule is CCCCCCCc1ccc(C2CCC(C=C(F)C#N)CC2)cc1. The summed E-state index contributed by atoms with van der Waals surface area (Å²) in [5.74, 6) is 0.212. The van der Waals surface area contributed by atoms with Crippen LogP contribution in [0.2, 0.25) is 0 Å². The van der Waals surface area contributed by atoms with Gasteiger partial charge in [0, 0.05) is 0 Å². The Hall–Kier alpha value is -1.62. The molecule has 1 aromatic carbocycles. The van der Waals surface area contributed by atoms with Crippen molar-refractivity contribution in [1.29, 1.82) is 5.26 Å². The zero-order chi connectivity index (χ0) is 17.2. The quantitative estimate of drug-likeness (QED) is 0.378. The number of hydrogen-bond donors (Lipinski definition) is 0. The normalized spacial score (nSPS) is 21.5. The summed E-state index contributed by atoms with van der Waals surface area (Å²) in [7, 11) is 0. The lowest BCUT2D eigenvalue weighted by atomic mass is 9.78. The Morgan fingerprint density at radius 1 is 1.08 bits per heavy atom. The standard InChI is InChI=1S/C22H30FN/c1-2-3-4-5-6-7-18-8-12-20(13-9-18)21-14-10-19(11-15-21)16-22(23)17-24/h8-9,12-13,16,19,21H,2-7,10-11,14-15H2,1H3. The van der Waals surface area contributed by atoms with Crippen LogP contribution >= 0.6 is 0 Å². The van der Waals surface area contributed by atoms with Gasteiger partial charge >= 0.3 is 0 Å².